The first-order valence-corrected chi connectivity index (χ1v) is 13.4. The number of anilines is 6. The van der Waals surface area contributed by atoms with E-state index >= 15 is 0 Å². The summed E-state index contributed by atoms with van der Waals surface area (Å²) in [7, 11) is 5.45. The summed E-state index contributed by atoms with van der Waals surface area (Å²) in [6, 6.07) is 15.0. The van der Waals surface area contributed by atoms with Crippen molar-refractivity contribution in [1.82, 2.24) is 19.9 Å². The highest BCUT2D eigenvalue weighted by Gasteiger charge is 2.30. The first-order chi connectivity index (χ1) is 20.4. The van der Waals surface area contributed by atoms with Gasteiger partial charge in [-0.15, -0.1) is 0 Å². The molecule has 0 saturated heterocycles. The van der Waals surface area contributed by atoms with Crippen LogP contribution in [0, 0.1) is 0 Å². The number of nitrogens with zero attached hydrogens (tertiary/aromatic N) is 5. The van der Waals surface area contributed by atoms with Gasteiger partial charge in [-0.25, -0.2) is 4.98 Å². The number of rotatable bonds is 12. The highest BCUT2D eigenvalue weighted by molar-refractivity contribution is 6.33. The summed E-state index contributed by atoms with van der Waals surface area (Å²) < 4.78 is 44.6. The Morgan fingerprint density at radius 3 is 2.47 bits per heavy atom. The Morgan fingerprint density at radius 1 is 1.02 bits per heavy atom. The smallest absolute Gasteiger partial charge is 0.422 e. The van der Waals surface area contributed by atoms with Crippen LogP contribution in [0.15, 0.2) is 67.4 Å². The normalized spacial score (nSPS) is 11.3. The number of ether oxygens (including phenoxy) is 1. The molecule has 43 heavy (non-hydrogen) atoms. The fourth-order valence-corrected chi connectivity index (χ4v) is 4.04. The minimum Gasteiger partial charge on any atom is -0.466 e. The molecule has 4 rings (SSSR count). The average Bonchev–Trinajstić information content (AvgIpc) is 2.96. The lowest BCUT2D eigenvalue weighted by atomic mass is 10.1. The number of carbonyl (C=O) groups excluding carboxylic acids is 1. The maximum atomic E-state index is 13.2. The summed E-state index contributed by atoms with van der Waals surface area (Å²) in [6.45, 7) is 2.93. The molecule has 0 atom stereocenters. The van der Waals surface area contributed by atoms with Gasteiger partial charge >= 0.3 is 6.18 Å². The van der Waals surface area contributed by atoms with E-state index in [1.54, 1.807) is 11.9 Å². The van der Waals surface area contributed by atoms with E-state index < -0.39 is 18.7 Å². The molecule has 0 unspecified atom stereocenters. The second-order valence-corrected chi connectivity index (χ2v) is 10.1. The number of amides is 1. The number of likely N-dealkylation sites (N-methyl/N-ethyl adjacent to an activating group) is 2. The number of nitrogens with one attached hydrogen (secondary N) is 3. The van der Waals surface area contributed by atoms with Crippen LogP contribution in [0.1, 0.15) is 0 Å². The Labute approximate surface area is 251 Å². The van der Waals surface area contributed by atoms with Crippen molar-refractivity contribution >= 4 is 62.9 Å². The van der Waals surface area contributed by atoms with Crippen molar-refractivity contribution in [2.45, 2.75) is 6.18 Å². The molecule has 0 bridgehead atoms. The maximum absolute atomic E-state index is 13.2. The molecule has 1 amide bonds. The minimum absolute atomic E-state index is 0.0129. The number of fused-ring (bicyclic) bond motifs is 1. The van der Waals surface area contributed by atoms with E-state index in [0.29, 0.717) is 18.8 Å². The molecule has 2 aromatic heterocycles. The molecule has 0 radical (unpaired) electrons. The molecule has 4 aromatic rings. The molecule has 0 aliphatic carbocycles. The molecule has 2 heterocycles. The Balaban J connectivity index is 1.70. The number of aromatic nitrogens is 3. The van der Waals surface area contributed by atoms with Gasteiger partial charge in [0.2, 0.25) is 17.7 Å². The standard InChI is InChI=1S/C29H30ClF3N8O2/c1-5-24(42)36-22-15-23(27(43-17-29(31,32)33)39-26(22)41(4)13-12-40(2)3)37-28-34-16-21(30)25(38-28)35-20-11-10-18-8-6-7-9-19(18)14-20/h5-11,14-16H,1,12-13,17H2,2-4H3,(H,36,42)(H2,34,35,37,38). The topological polar surface area (TPSA) is 108 Å². The molecular weight excluding hydrogens is 585 g/mol. The van der Waals surface area contributed by atoms with E-state index in [1.807, 2.05) is 61.5 Å². The van der Waals surface area contributed by atoms with Gasteiger partial charge in [0.05, 0.1) is 11.9 Å². The van der Waals surface area contributed by atoms with Crippen LogP contribution in [0.4, 0.5) is 47.8 Å². The molecular formula is C29H30ClF3N8O2. The van der Waals surface area contributed by atoms with Gasteiger partial charge in [-0.1, -0.05) is 48.5 Å². The zero-order chi connectivity index (χ0) is 31.1. The van der Waals surface area contributed by atoms with E-state index in [4.69, 9.17) is 16.3 Å². The summed E-state index contributed by atoms with van der Waals surface area (Å²) in [5, 5.41) is 10.9. The number of alkyl halides is 3. The third-order valence-electron chi connectivity index (χ3n) is 6.03. The number of carbonyl (C=O) groups is 1. The monoisotopic (exact) mass is 614 g/mol. The first kappa shape index (κ1) is 31.3. The summed E-state index contributed by atoms with van der Waals surface area (Å²) in [5.74, 6) is -0.483. The number of benzene rings is 2. The number of hydrogen-bond donors (Lipinski definition) is 3. The van der Waals surface area contributed by atoms with Crippen LogP contribution in [0.2, 0.25) is 5.02 Å². The lowest BCUT2D eigenvalue weighted by Crippen LogP contribution is -2.30. The van der Waals surface area contributed by atoms with E-state index in [9.17, 15) is 18.0 Å². The molecule has 226 valence electrons. The zero-order valence-corrected chi connectivity index (χ0v) is 24.4. The van der Waals surface area contributed by atoms with Gasteiger partial charge < -0.3 is 30.5 Å². The van der Waals surface area contributed by atoms with Crippen LogP contribution < -0.4 is 25.6 Å². The van der Waals surface area contributed by atoms with Crippen molar-refractivity contribution in [3.8, 4) is 5.88 Å². The molecule has 3 N–H and O–H groups in total. The van der Waals surface area contributed by atoms with Crippen molar-refractivity contribution in [3.05, 3.63) is 72.4 Å². The van der Waals surface area contributed by atoms with Crippen molar-refractivity contribution < 1.29 is 22.7 Å². The van der Waals surface area contributed by atoms with Gasteiger partial charge in [-0.3, -0.25) is 4.79 Å². The van der Waals surface area contributed by atoms with Gasteiger partial charge in [0.15, 0.2) is 18.2 Å². The number of halogens is 4. The van der Waals surface area contributed by atoms with Crippen LogP contribution in [0.25, 0.3) is 10.8 Å². The lowest BCUT2D eigenvalue weighted by molar-refractivity contribution is -0.153. The van der Waals surface area contributed by atoms with Gasteiger partial charge in [0.1, 0.15) is 10.7 Å². The van der Waals surface area contributed by atoms with Crippen molar-refractivity contribution in [3.63, 3.8) is 0 Å². The fraction of sp³-hybridized carbons (Fsp3) is 0.241. The second-order valence-electron chi connectivity index (χ2n) is 9.74. The predicted octanol–water partition coefficient (Wildman–Crippen LogP) is 6.23. The molecule has 0 fully saturated rings. The lowest BCUT2D eigenvalue weighted by Gasteiger charge is -2.25. The summed E-state index contributed by atoms with van der Waals surface area (Å²) in [5.41, 5.74) is 0.893. The van der Waals surface area contributed by atoms with Crippen LogP contribution in [0.5, 0.6) is 5.88 Å². The highest BCUT2D eigenvalue weighted by Crippen LogP contribution is 2.36. The van der Waals surface area contributed by atoms with Crippen molar-refractivity contribution in [1.29, 1.82) is 0 Å². The molecule has 14 heteroatoms. The van der Waals surface area contributed by atoms with Crippen LogP contribution in [0.3, 0.4) is 0 Å². The van der Waals surface area contributed by atoms with Gasteiger partial charge in [-0.2, -0.15) is 23.1 Å². The van der Waals surface area contributed by atoms with Crippen molar-refractivity contribution in [2.75, 3.05) is 61.7 Å². The summed E-state index contributed by atoms with van der Waals surface area (Å²) >= 11 is 6.36. The fourth-order valence-electron chi connectivity index (χ4n) is 3.90. The molecule has 0 aliphatic rings. The SMILES string of the molecule is C=CC(=O)Nc1cc(Nc2ncc(Cl)c(Nc3ccc4ccccc4c3)n2)c(OCC(F)(F)F)nc1N(C)CCN(C)C. The maximum Gasteiger partial charge on any atom is 0.422 e. The molecule has 0 spiro atoms. The quantitative estimate of drug-likeness (QED) is 0.160. The van der Waals surface area contributed by atoms with Crippen LogP contribution in [-0.2, 0) is 4.79 Å². The minimum atomic E-state index is -4.63. The molecule has 0 aliphatic heterocycles. The Hall–Kier alpha value is -4.62. The van der Waals surface area contributed by atoms with E-state index in [0.717, 1.165) is 16.8 Å². The second kappa shape index (κ2) is 13.6. The Kier molecular flexibility index (Phi) is 9.88. The van der Waals surface area contributed by atoms with Gasteiger partial charge in [0, 0.05) is 25.8 Å². The van der Waals surface area contributed by atoms with E-state index in [-0.39, 0.29) is 39.9 Å². The molecule has 10 nitrogen and oxygen atoms in total. The molecule has 0 saturated carbocycles. The molecule has 2 aromatic carbocycles. The highest BCUT2D eigenvalue weighted by atomic mass is 35.5. The first-order valence-electron chi connectivity index (χ1n) is 13.0. The third-order valence-corrected chi connectivity index (χ3v) is 6.31. The number of hydrogen-bond acceptors (Lipinski definition) is 9. The average molecular weight is 615 g/mol. The van der Waals surface area contributed by atoms with Crippen molar-refractivity contribution in [2.24, 2.45) is 0 Å². The largest absolute Gasteiger partial charge is 0.466 e. The van der Waals surface area contributed by atoms with E-state index in [1.165, 1.54) is 12.3 Å². The Bertz CT molecular complexity index is 1620. The predicted molar refractivity (Wildman–Crippen MR) is 164 cm³/mol. The van der Waals surface area contributed by atoms with Crippen LogP contribution >= 0.6 is 11.6 Å². The zero-order valence-electron chi connectivity index (χ0n) is 23.7. The Morgan fingerprint density at radius 2 is 1.77 bits per heavy atom. The summed E-state index contributed by atoms with van der Waals surface area (Å²) in [6.07, 6.45) is -2.22. The summed E-state index contributed by atoms with van der Waals surface area (Å²) in [4.78, 5) is 28.8. The van der Waals surface area contributed by atoms with Gasteiger partial charge in [-0.05, 0) is 49.1 Å². The van der Waals surface area contributed by atoms with E-state index in [2.05, 4.69) is 37.5 Å². The van der Waals surface area contributed by atoms with Gasteiger partial charge in [0.25, 0.3) is 0 Å². The number of pyridine rings is 1. The van der Waals surface area contributed by atoms with Crippen LogP contribution in [-0.4, -0.2) is 72.8 Å². The third kappa shape index (κ3) is 8.69.